The molecule has 2 atom stereocenters. The van der Waals surface area contributed by atoms with Crippen molar-refractivity contribution in [2.45, 2.75) is 50.1 Å². The molecule has 1 aliphatic carbocycles. The molecule has 0 saturated carbocycles. The third-order valence-corrected chi connectivity index (χ3v) is 6.73. The number of hydrogen-bond donors (Lipinski definition) is 2. The third kappa shape index (κ3) is 5.11. The van der Waals surface area contributed by atoms with E-state index in [1.807, 2.05) is 0 Å². The standard InChI is InChI=1S/C19H30N4O3S/c1-26-18-4-3-15-14-23-10-6-19(5-7-20,13-17(23)11-16(15)12-18)21-8-9-22-27(2,24)25/h12,17,21-22H,3-6,8-11,13-14H2,1-2H3. The van der Waals surface area contributed by atoms with Crippen LogP contribution in [0, 0.1) is 11.3 Å². The lowest BCUT2D eigenvalue weighted by atomic mass is 9.75. The second-order valence-electron chi connectivity index (χ2n) is 7.93. The summed E-state index contributed by atoms with van der Waals surface area (Å²) < 4.78 is 30.4. The summed E-state index contributed by atoms with van der Waals surface area (Å²) in [6.45, 7) is 2.86. The van der Waals surface area contributed by atoms with Gasteiger partial charge in [-0.3, -0.25) is 4.90 Å². The minimum atomic E-state index is -3.19. The predicted octanol–water partition coefficient (Wildman–Crippen LogP) is 1.27. The maximum atomic E-state index is 11.2. The maximum absolute atomic E-state index is 11.2. The lowest BCUT2D eigenvalue weighted by Gasteiger charge is -2.49. The Hall–Kier alpha value is -1.40. The molecule has 2 unspecified atom stereocenters. The summed E-state index contributed by atoms with van der Waals surface area (Å²) in [6, 6.07) is 2.75. The van der Waals surface area contributed by atoms with E-state index in [2.05, 4.69) is 27.1 Å². The molecule has 8 heteroatoms. The smallest absolute Gasteiger partial charge is 0.208 e. The summed E-state index contributed by atoms with van der Waals surface area (Å²) >= 11 is 0. The van der Waals surface area contributed by atoms with Crippen LogP contribution in [0.3, 0.4) is 0 Å². The number of hydrogen-bond acceptors (Lipinski definition) is 6. The Balaban J connectivity index is 1.66. The number of sulfonamides is 1. The van der Waals surface area contributed by atoms with Gasteiger partial charge in [-0.25, -0.2) is 13.1 Å². The maximum Gasteiger partial charge on any atom is 0.208 e. The molecular formula is C19H30N4O3S. The van der Waals surface area contributed by atoms with Gasteiger partial charge in [-0.1, -0.05) is 5.57 Å². The first-order valence-electron chi connectivity index (χ1n) is 9.60. The van der Waals surface area contributed by atoms with Crippen LogP contribution in [0.5, 0.6) is 0 Å². The van der Waals surface area contributed by atoms with Crippen LogP contribution in [0.15, 0.2) is 23.0 Å². The van der Waals surface area contributed by atoms with Gasteiger partial charge in [-0.15, -0.1) is 0 Å². The summed E-state index contributed by atoms with van der Waals surface area (Å²) in [4.78, 5) is 2.55. The van der Waals surface area contributed by atoms with Gasteiger partial charge in [0.05, 0.1) is 31.6 Å². The summed E-state index contributed by atoms with van der Waals surface area (Å²) in [6.07, 6.45) is 8.71. The Morgan fingerprint density at radius 3 is 2.93 bits per heavy atom. The summed E-state index contributed by atoms with van der Waals surface area (Å²) in [5, 5.41) is 12.9. The van der Waals surface area contributed by atoms with Gasteiger partial charge in [0.25, 0.3) is 0 Å². The molecule has 3 rings (SSSR count). The predicted molar refractivity (Wildman–Crippen MR) is 104 cm³/mol. The molecule has 0 aromatic carbocycles. The van der Waals surface area contributed by atoms with E-state index < -0.39 is 10.0 Å². The molecule has 2 N–H and O–H groups in total. The van der Waals surface area contributed by atoms with Gasteiger partial charge in [-0.2, -0.15) is 5.26 Å². The van der Waals surface area contributed by atoms with Crippen molar-refractivity contribution >= 4 is 10.0 Å². The number of fused-ring (bicyclic) bond motifs is 1. The van der Waals surface area contributed by atoms with Gasteiger partial charge in [-0.05, 0) is 37.3 Å². The van der Waals surface area contributed by atoms with Crippen LogP contribution in [0.25, 0.3) is 0 Å². The molecule has 1 fully saturated rings. The van der Waals surface area contributed by atoms with E-state index in [4.69, 9.17) is 4.74 Å². The summed E-state index contributed by atoms with van der Waals surface area (Å²) in [5.74, 6) is 1.06. The van der Waals surface area contributed by atoms with Crippen LogP contribution in [0.2, 0.25) is 0 Å². The van der Waals surface area contributed by atoms with Gasteiger partial charge < -0.3 is 10.1 Å². The van der Waals surface area contributed by atoms with Crippen LogP contribution in [0.1, 0.15) is 38.5 Å². The third-order valence-electron chi connectivity index (χ3n) is 6.00. The number of allylic oxidation sites excluding steroid dienone is 2. The van der Waals surface area contributed by atoms with Crippen LogP contribution in [-0.2, 0) is 14.8 Å². The quantitative estimate of drug-likeness (QED) is 0.632. The van der Waals surface area contributed by atoms with Gasteiger partial charge >= 0.3 is 0 Å². The fourth-order valence-electron chi connectivity index (χ4n) is 4.58. The first-order valence-corrected chi connectivity index (χ1v) is 11.5. The van der Waals surface area contributed by atoms with E-state index >= 15 is 0 Å². The Morgan fingerprint density at radius 2 is 2.22 bits per heavy atom. The molecule has 0 aromatic rings. The molecule has 2 heterocycles. The molecule has 0 radical (unpaired) electrons. The molecule has 0 aromatic heterocycles. The molecule has 0 bridgehead atoms. The highest BCUT2D eigenvalue weighted by Crippen LogP contribution is 2.39. The monoisotopic (exact) mass is 394 g/mol. The number of methoxy groups -OCH3 is 1. The number of nitriles is 1. The fraction of sp³-hybridized carbons (Fsp3) is 0.737. The van der Waals surface area contributed by atoms with Crippen LogP contribution < -0.4 is 10.0 Å². The molecule has 150 valence electrons. The average Bonchev–Trinajstić information content (AvgIpc) is 2.63. The first kappa shape index (κ1) is 20.3. The number of nitrogens with one attached hydrogen (secondary N) is 2. The molecule has 0 amide bonds. The van der Waals surface area contributed by atoms with Gasteiger partial charge in [0.2, 0.25) is 10.0 Å². The van der Waals surface area contributed by atoms with Crippen LogP contribution in [0.4, 0.5) is 0 Å². The Morgan fingerprint density at radius 1 is 1.41 bits per heavy atom. The number of nitrogens with zero attached hydrogens (tertiary/aromatic N) is 2. The molecule has 1 saturated heterocycles. The summed E-state index contributed by atoms with van der Waals surface area (Å²) in [5.41, 5.74) is 2.70. The van der Waals surface area contributed by atoms with Crippen molar-refractivity contribution in [3.63, 3.8) is 0 Å². The van der Waals surface area contributed by atoms with Crippen molar-refractivity contribution in [2.24, 2.45) is 0 Å². The van der Waals surface area contributed by atoms with Gasteiger partial charge in [0.15, 0.2) is 0 Å². The normalized spacial score (nSPS) is 28.8. The van der Waals surface area contributed by atoms with Gasteiger partial charge in [0, 0.05) is 44.2 Å². The zero-order valence-corrected chi connectivity index (χ0v) is 17.1. The second-order valence-corrected chi connectivity index (χ2v) is 9.77. The molecule has 0 spiro atoms. The Kier molecular flexibility index (Phi) is 6.26. The Labute approximate surface area is 162 Å². The fourth-order valence-corrected chi connectivity index (χ4v) is 5.05. The van der Waals surface area contributed by atoms with E-state index in [0.717, 1.165) is 57.2 Å². The largest absolute Gasteiger partial charge is 0.501 e. The molecule has 2 aliphatic heterocycles. The van der Waals surface area contributed by atoms with Crippen molar-refractivity contribution in [2.75, 3.05) is 39.5 Å². The number of rotatable bonds is 7. The van der Waals surface area contributed by atoms with Crippen molar-refractivity contribution < 1.29 is 13.2 Å². The number of piperidine rings is 1. The summed E-state index contributed by atoms with van der Waals surface area (Å²) in [7, 11) is -1.45. The molecule has 27 heavy (non-hydrogen) atoms. The number of ether oxygens (including phenoxy) is 1. The SMILES string of the molecule is COC1=CC2=C(CC1)CN1CCC(CC#N)(NCCNS(C)(=O)=O)CC1C2. The van der Waals surface area contributed by atoms with E-state index in [0.29, 0.717) is 25.6 Å². The molecule has 3 aliphatic rings. The van der Waals surface area contributed by atoms with E-state index in [9.17, 15) is 13.7 Å². The van der Waals surface area contributed by atoms with Crippen molar-refractivity contribution in [1.29, 1.82) is 5.26 Å². The highest BCUT2D eigenvalue weighted by Gasteiger charge is 2.41. The van der Waals surface area contributed by atoms with E-state index in [1.165, 1.54) is 11.1 Å². The van der Waals surface area contributed by atoms with Crippen molar-refractivity contribution in [1.82, 2.24) is 14.9 Å². The zero-order chi connectivity index (χ0) is 19.5. The van der Waals surface area contributed by atoms with Crippen molar-refractivity contribution in [3.05, 3.63) is 23.0 Å². The molecular weight excluding hydrogens is 364 g/mol. The highest BCUT2D eigenvalue weighted by atomic mass is 32.2. The lowest BCUT2D eigenvalue weighted by Crippen LogP contribution is -2.59. The highest BCUT2D eigenvalue weighted by molar-refractivity contribution is 7.88. The minimum Gasteiger partial charge on any atom is -0.501 e. The second kappa shape index (κ2) is 8.31. The lowest BCUT2D eigenvalue weighted by molar-refractivity contribution is 0.0773. The Bertz CT molecular complexity index is 768. The average molecular weight is 395 g/mol. The molecule has 7 nitrogen and oxygen atoms in total. The topological polar surface area (TPSA) is 94.5 Å². The van der Waals surface area contributed by atoms with Crippen LogP contribution >= 0.6 is 0 Å². The van der Waals surface area contributed by atoms with E-state index in [-0.39, 0.29) is 5.54 Å². The van der Waals surface area contributed by atoms with Crippen LogP contribution in [-0.4, -0.2) is 64.4 Å². The van der Waals surface area contributed by atoms with Crippen molar-refractivity contribution in [3.8, 4) is 6.07 Å². The zero-order valence-electron chi connectivity index (χ0n) is 16.3. The minimum absolute atomic E-state index is 0.240. The van der Waals surface area contributed by atoms with Gasteiger partial charge in [0.1, 0.15) is 0 Å². The van der Waals surface area contributed by atoms with E-state index in [1.54, 1.807) is 7.11 Å². The first-order chi connectivity index (χ1) is 12.8.